The number of nitrogens with zero attached hydrogens (tertiary/aromatic N) is 1. The van der Waals surface area contributed by atoms with Crippen molar-refractivity contribution < 1.29 is 24.4 Å². The van der Waals surface area contributed by atoms with Crippen molar-refractivity contribution in [3.8, 4) is 5.75 Å². The van der Waals surface area contributed by atoms with Gasteiger partial charge in [0, 0.05) is 6.07 Å². The highest BCUT2D eigenvalue weighted by molar-refractivity contribution is 6.01. The Kier molecular flexibility index (Phi) is 5.45. The molecule has 8 heteroatoms. The van der Waals surface area contributed by atoms with Gasteiger partial charge >= 0.3 is 5.97 Å². The number of amides is 1. The zero-order chi connectivity index (χ0) is 21.1. The fourth-order valence-electron chi connectivity index (χ4n) is 2.89. The Labute approximate surface area is 165 Å². The number of aromatic hydroxyl groups is 1. The second-order valence-corrected chi connectivity index (χ2v) is 6.50. The fourth-order valence-corrected chi connectivity index (χ4v) is 2.89. The number of fused-ring (bicyclic) bond motifs is 1. The number of carbonyl (C=O) groups is 2. The Morgan fingerprint density at radius 3 is 2.41 bits per heavy atom. The van der Waals surface area contributed by atoms with Crippen LogP contribution in [0.1, 0.15) is 21.5 Å². The monoisotopic (exact) mass is 394 g/mol. The summed E-state index contributed by atoms with van der Waals surface area (Å²) in [7, 11) is 0. The number of carbonyl (C=O) groups excluding carboxylic acids is 2. The molecule has 0 spiro atoms. The molecule has 0 aromatic heterocycles. The molecule has 0 unspecified atom stereocenters. The summed E-state index contributed by atoms with van der Waals surface area (Å²) >= 11 is 0. The van der Waals surface area contributed by atoms with Gasteiger partial charge in [-0.15, -0.1) is 0 Å². The Morgan fingerprint density at radius 2 is 1.76 bits per heavy atom. The van der Waals surface area contributed by atoms with Gasteiger partial charge in [-0.2, -0.15) is 0 Å². The van der Waals surface area contributed by atoms with Crippen molar-refractivity contribution in [2.45, 2.75) is 13.8 Å². The molecule has 0 fully saturated rings. The summed E-state index contributed by atoms with van der Waals surface area (Å²) in [5.74, 6) is -1.87. The van der Waals surface area contributed by atoms with Crippen LogP contribution in [0.25, 0.3) is 10.8 Å². The van der Waals surface area contributed by atoms with E-state index in [0.29, 0.717) is 5.56 Å². The summed E-state index contributed by atoms with van der Waals surface area (Å²) in [5.41, 5.74) is 1.05. The average Bonchev–Trinajstić information content (AvgIpc) is 2.69. The predicted octanol–water partition coefficient (Wildman–Crippen LogP) is 3.87. The van der Waals surface area contributed by atoms with Crippen LogP contribution in [-0.4, -0.2) is 28.5 Å². The highest BCUT2D eigenvalue weighted by atomic mass is 16.6. The van der Waals surface area contributed by atoms with Crippen LogP contribution < -0.4 is 5.32 Å². The molecule has 0 aliphatic heterocycles. The van der Waals surface area contributed by atoms with Gasteiger partial charge in [-0.3, -0.25) is 14.9 Å². The number of phenolic OH excluding ortho intramolecular Hbond substituents is 1. The SMILES string of the molecule is Cc1ccc([N+](=O)[O-])c(NC(=O)COC(=O)c2cc3ccccc3cc2O)c1C. The lowest BCUT2D eigenvalue weighted by Crippen LogP contribution is -2.22. The lowest BCUT2D eigenvalue weighted by molar-refractivity contribution is -0.384. The van der Waals surface area contributed by atoms with Crippen LogP contribution in [0.4, 0.5) is 11.4 Å². The molecule has 0 saturated carbocycles. The number of phenols is 1. The third-order valence-corrected chi connectivity index (χ3v) is 4.59. The summed E-state index contributed by atoms with van der Waals surface area (Å²) in [6, 6.07) is 13.0. The highest BCUT2D eigenvalue weighted by Crippen LogP contribution is 2.30. The molecule has 3 rings (SSSR count). The number of nitrogens with one attached hydrogen (secondary N) is 1. The zero-order valence-electron chi connectivity index (χ0n) is 15.8. The Morgan fingerprint density at radius 1 is 1.10 bits per heavy atom. The van der Waals surface area contributed by atoms with Crippen LogP contribution in [0, 0.1) is 24.0 Å². The Balaban J connectivity index is 1.73. The van der Waals surface area contributed by atoms with E-state index in [9.17, 15) is 24.8 Å². The number of benzene rings is 3. The van der Waals surface area contributed by atoms with E-state index in [1.165, 1.54) is 18.2 Å². The quantitative estimate of drug-likeness (QED) is 0.385. The minimum Gasteiger partial charge on any atom is -0.507 e. The number of nitro benzene ring substituents is 1. The van der Waals surface area contributed by atoms with Crippen LogP contribution in [0.2, 0.25) is 0 Å². The first-order valence-corrected chi connectivity index (χ1v) is 8.71. The number of hydrogen-bond acceptors (Lipinski definition) is 6. The molecule has 0 bridgehead atoms. The molecule has 0 saturated heterocycles. The summed E-state index contributed by atoms with van der Waals surface area (Å²) in [5, 5.41) is 25.2. The number of ether oxygens (including phenoxy) is 1. The fraction of sp³-hybridized carbons (Fsp3) is 0.143. The third-order valence-electron chi connectivity index (χ3n) is 4.59. The molecule has 0 radical (unpaired) electrons. The van der Waals surface area contributed by atoms with E-state index >= 15 is 0 Å². The molecule has 1 amide bonds. The van der Waals surface area contributed by atoms with Crippen molar-refractivity contribution in [1.82, 2.24) is 0 Å². The van der Waals surface area contributed by atoms with Gasteiger partial charge < -0.3 is 15.2 Å². The lowest BCUT2D eigenvalue weighted by Gasteiger charge is -2.12. The smallest absolute Gasteiger partial charge is 0.342 e. The Bertz CT molecular complexity index is 1140. The van der Waals surface area contributed by atoms with Gasteiger partial charge in [-0.05, 0) is 47.9 Å². The normalized spacial score (nSPS) is 10.6. The highest BCUT2D eigenvalue weighted by Gasteiger charge is 2.21. The topological polar surface area (TPSA) is 119 Å². The second kappa shape index (κ2) is 7.97. The average molecular weight is 394 g/mol. The van der Waals surface area contributed by atoms with Crippen LogP contribution in [-0.2, 0) is 9.53 Å². The van der Waals surface area contributed by atoms with Crippen molar-refractivity contribution in [3.05, 3.63) is 75.3 Å². The summed E-state index contributed by atoms with van der Waals surface area (Å²) in [6.45, 7) is 2.75. The molecule has 29 heavy (non-hydrogen) atoms. The maximum Gasteiger partial charge on any atom is 0.342 e. The van der Waals surface area contributed by atoms with Gasteiger partial charge in [0.2, 0.25) is 0 Å². The van der Waals surface area contributed by atoms with Crippen LogP contribution in [0.15, 0.2) is 48.5 Å². The maximum absolute atomic E-state index is 12.3. The number of hydrogen-bond donors (Lipinski definition) is 2. The largest absolute Gasteiger partial charge is 0.507 e. The standard InChI is InChI=1S/C21H18N2O6/c1-12-7-8-17(23(27)28)20(13(12)2)22-19(25)11-29-21(26)16-9-14-5-3-4-6-15(14)10-18(16)24/h3-10,24H,11H2,1-2H3,(H,22,25). The van der Waals surface area contributed by atoms with Gasteiger partial charge in [0.05, 0.1) is 4.92 Å². The first-order valence-electron chi connectivity index (χ1n) is 8.71. The molecule has 8 nitrogen and oxygen atoms in total. The summed E-state index contributed by atoms with van der Waals surface area (Å²) < 4.78 is 4.98. The molecule has 0 aliphatic carbocycles. The molecule has 3 aromatic rings. The van der Waals surface area contributed by atoms with Crippen molar-refractivity contribution in [1.29, 1.82) is 0 Å². The number of nitro groups is 1. The second-order valence-electron chi connectivity index (χ2n) is 6.50. The van der Waals surface area contributed by atoms with Crippen molar-refractivity contribution in [3.63, 3.8) is 0 Å². The third kappa shape index (κ3) is 4.16. The minimum absolute atomic E-state index is 0.0598. The van der Waals surface area contributed by atoms with Crippen LogP contribution in [0.5, 0.6) is 5.75 Å². The summed E-state index contributed by atoms with van der Waals surface area (Å²) in [6.07, 6.45) is 0. The van der Waals surface area contributed by atoms with Gasteiger partial charge in [-0.1, -0.05) is 30.3 Å². The molecule has 0 atom stereocenters. The van der Waals surface area contributed by atoms with Gasteiger partial charge in [0.1, 0.15) is 17.0 Å². The van der Waals surface area contributed by atoms with E-state index in [-0.39, 0.29) is 22.7 Å². The molecular weight excluding hydrogens is 376 g/mol. The van der Waals surface area contributed by atoms with E-state index < -0.39 is 23.4 Å². The maximum atomic E-state index is 12.3. The van der Waals surface area contributed by atoms with Gasteiger partial charge in [0.25, 0.3) is 11.6 Å². The predicted molar refractivity (Wildman–Crippen MR) is 107 cm³/mol. The molecular formula is C21H18N2O6. The minimum atomic E-state index is -0.876. The van der Waals surface area contributed by atoms with Crippen molar-refractivity contribution in [2.75, 3.05) is 11.9 Å². The van der Waals surface area contributed by atoms with Crippen LogP contribution >= 0.6 is 0 Å². The molecule has 2 N–H and O–H groups in total. The lowest BCUT2D eigenvalue weighted by atomic mass is 10.1. The van der Waals surface area contributed by atoms with Crippen molar-refractivity contribution in [2.24, 2.45) is 0 Å². The molecule has 3 aromatic carbocycles. The summed E-state index contributed by atoms with van der Waals surface area (Å²) in [4.78, 5) is 35.1. The van der Waals surface area contributed by atoms with E-state index in [4.69, 9.17) is 4.74 Å². The van der Waals surface area contributed by atoms with Gasteiger partial charge in [0.15, 0.2) is 6.61 Å². The van der Waals surface area contributed by atoms with Gasteiger partial charge in [-0.25, -0.2) is 4.79 Å². The molecule has 148 valence electrons. The Hall–Kier alpha value is -3.94. The number of anilines is 1. The number of rotatable bonds is 5. The van der Waals surface area contributed by atoms with E-state index in [0.717, 1.165) is 16.3 Å². The van der Waals surface area contributed by atoms with E-state index in [1.807, 2.05) is 0 Å². The first kappa shape index (κ1) is 19.8. The molecule has 0 heterocycles. The van der Waals surface area contributed by atoms with Crippen LogP contribution in [0.3, 0.4) is 0 Å². The van der Waals surface area contributed by atoms with Crippen molar-refractivity contribution >= 4 is 34.0 Å². The first-order chi connectivity index (χ1) is 13.8. The zero-order valence-corrected chi connectivity index (χ0v) is 15.8. The van der Waals surface area contributed by atoms with E-state index in [1.54, 1.807) is 44.2 Å². The number of aryl methyl sites for hydroxylation is 1. The molecule has 0 aliphatic rings. The van der Waals surface area contributed by atoms with E-state index in [2.05, 4.69) is 5.32 Å². The number of esters is 1.